The third-order valence-corrected chi connectivity index (χ3v) is 5.28. The first-order valence-corrected chi connectivity index (χ1v) is 8.11. The first kappa shape index (κ1) is 13.6. The standard InChI is InChI=1S/C15H20N2O2S/c1-10-13(18)16-15(2,12-3-4-12)14(19)17(10)7-5-11-6-8-20-9-11/h6,8-10,12H,3-5,7H2,1-2H3,(H,16,18). The van der Waals surface area contributed by atoms with Gasteiger partial charge in [0.15, 0.2) is 0 Å². The van der Waals surface area contributed by atoms with Crippen LogP contribution in [0.2, 0.25) is 0 Å². The zero-order valence-electron chi connectivity index (χ0n) is 11.9. The molecule has 0 bridgehead atoms. The summed E-state index contributed by atoms with van der Waals surface area (Å²) in [4.78, 5) is 26.7. The summed E-state index contributed by atoms with van der Waals surface area (Å²) in [6.45, 7) is 4.31. The second-order valence-corrected chi connectivity index (χ2v) is 6.80. The summed E-state index contributed by atoms with van der Waals surface area (Å²) in [7, 11) is 0. The second kappa shape index (κ2) is 4.88. The van der Waals surface area contributed by atoms with Crippen LogP contribution < -0.4 is 5.32 Å². The van der Waals surface area contributed by atoms with Crippen LogP contribution in [0.25, 0.3) is 0 Å². The highest BCUT2D eigenvalue weighted by Gasteiger charge is 2.54. The molecule has 1 aromatic rings. The maximum absolute atomic E-state index is 12.8. The summed E-state index contributed by atoms with van der Waals surface area (Å²) < 4.78 is 0. The third-order valence-electron chi connectivity index (χ3n) is 4.55. The van der Waals surface area contributed by atoms with Gasteiger partial charge < -0.3 is 10.2 Å². The van der Waals surface area contributed by atoms with Gasteiger partial charge in [-0.2, -0.15) is 11.3 Å². The topological polar surface area (TPSA) is 49.4 Å². The minimum Gasteiger partial charge on any atom is -0.340 e. The smallest absolute Gasteiger partial charge is 0.249 e. The van der Waals surface area contributed by atoms with Crippen LogP contribution in [0.4, 0.5) is 0 Å². The Kier molecular flexibility index (Phi) is 3.32. The Morgan fingerprint density at radius 3 is 2.80 bits per heavy atom. The van der Waals surface area contributed by atoms with Crippen molar-refractivity contribution in [1.29, 1.82) is 0 Å². The fraction of sp³-hybridized carbons (Fsp3) is 0.600. The largest absolute Gasteiger partial charge is 0.340 e. The van der Waals surface area contributed by atoms with Gasteiger partial charge in [0.2, 0.25) is 11.8 Å². The van der Waals surface area contributed by atoms with E-state index in [1.165, 1.54) is 5.56 Å². The molecule has 1 aliphatic heterocycles. The number of piperazine rings is 1. The monoisotopic (exact) mass is 292 g/mol. The van der Waals surface area contributed by atoms with E-state index in [0.717, 1.165) is 19.3 Å². The van der Waals surface area contributed by atoms with Crippen LogP contribution in [-0.2, 0) is 16.0 Å². The van der Waals surface area contributed by atoms with E-state index in [-0.39, 0.29) is 17.9 Å². The number of amides is 2. The zero-order valence-corrected chi connectivity index (χ0v) is 12.7. The van der Waals surface area contributed by atoms with Crippen LogP contribution in [0.5, 0.6) is 0 Å². The van der Waals surface area contributed by atoms with Crippen molar-refractivity contribution < 1.29 is 9.59 Å². The van der Waals surface area contributed by atoms with Crippen LogP contribution in [0.3, 0.4) is 0 Å². The molecule has 0 radical (unpaired) electrons. The predicted octanol–water partition coefficient (Wildman–Crippen LogP) is 1.81. The number of carbonyl (C=O) groups is 2. The molecule has 108 valence electrons. The van der Waals surface area contributed by atoms with Gasteiger partial charge in [0.25, 0.3) is 0 Å². The van der Waals surface area contributed by atoms with Crippen molar-refractivity contribution >= 4 is 23.2 Å². The van der Waals surface area contributed by atoms with Gasteiger partial charge in [0, 0.05) is 6.54 Å². The number of thiophene rings is 1. The van der Waals surface area contributed by atoms with Crippen LogP contribution in [-0.4, -0.2) is 34.8 Å². The van der Waals surface area contributed by atoms with E-state index in [1.54, 1.807) is 16.2 Å². The maximum Gasteiger partial charge on any atom is 0.249 e. The molecule has 1 aromatic heterocycles. The predicted molar refractivity (Wildman–Crippen MR) is 78.5 cm³/mol. The Bertz CT molecular complexity index is 524. The van der Waals surface area contributed by atoms with E-state index < -0.39 is 5.54 Å². The van der Waals surface area contributed by atoms with E-state index in [0.29, 0.717) is 12.5 Å². The van der Waals surface area contributed by atoms with E-state index in [1.807, 2.05) is 19.2 Å². The summed E-state index contributed by atoms with van der Waals surface area (Å²) in [5.41, 5.74) is 0.548. The van der Waals surface area contributed by atoms with Gasteiger partial charge >= 0.3 is 0 Å². The number of nitrogens with one attached hydrogen (secondary N) is 1. The van der Waals surface area contributed by atoms with Gasteiger partial charge in [0.05, 0.1) is 0 Å². The molecule has 3 rings (SSSR count). The van der Waals surface area contributed by atoms with Gasteiger partial charge in [0.1, 0.15) is 11.6 Å². The number of carbonyl (C=O) groups excluding carboxylic acids is 2. The molecule has 2 atom stereocenters. The molecule has 2 unspecified atom stereocenters. The van der Waals surface area contributed by atoms with Gasteiger partial charge in [-0.1, -0.05) is 0 Å². The van der Waals surface area contributed by atoms with E-state index >= 15 is 0 Å². The SMILES string of the molecule is CC1C(=O)NC(C)(C2CC2)C(=O)N1CCc1ccsc1. The van der Waals surface area contributed by atoms with E-state index in [4.69, 9.17) is 0 Å². The molecule has 1 aliphatic carbocycles. The molecule has 2 aliphatic rings. The molecule has 2 fully saturated rings. The molecule has 1 saturated heterocycles. The van der Waals surface area contributed by atoms with E-state index in [9.17, 15) is 9.59 Å². The quantitative estimate of drug-likeness (QED) is 0.920. The molecular weight excluding hydrogens is 272 g/mol. The molecule has 5 heteroatoms. The summed E-state index contributed by atoms with van der Waals surface area (Å²) in [5, 5.41) is 7.09. The van der Waals surface area contributed by atoms with Crippen molar-refractivity contribution in [1.82, 2.24) is 10.2 Å². The lowest BCUT2D eigenvalue weighted by Gasteiger charge is -2.43. The molecule has 20 heavy (non-hydrogen) atoms. The first-order valence-electron chi connectivity index (χ1n) is 7.16. The molecule has 0 aromatic carbocycles. The Hall–Kier alpha value is -1.36. The van der Waals surface area contributed by atoms with Crippen LogP contribution in [0.1, 0.15) is 32.3 Å². The number of rotatable bonds is 4. The van der Waals surface area contributed by atoms with Crippen LogP contribution >= 0.6 is 11.3 Å². The lowest BCUT2D eigenvalue weighted by molar-refractivity contribution is -0.154. The number of hydrogen-bond acceptors (Lipinski definition) is 3. The minimum absolute atomic E-state index is 0.0238. The fourth-order valence-corrected chi connectivity index (χ4v) is 3.65. The van der Waals surface area contributed by atoms with Crippen molar-refractivity contribution in [3.05, 3.63) is 22.4 Å². The molecule has 0 spiro atoms. The zero-order chi connectivity index (χ0) is 14.3. The number of nitrogens with zero attached hydrogens (tertiary/aromatic N) is 1. The van der Waals surface area contributed by atoms with Crippen molar-refractivity contribution in [2.24, 2.45) is 5.92 Å². The maximum atomic E-state index is 12.8. The second-order valence-electron chi connectivity index (χ2n) is 6.02. The van der Waals surface area contributed by atoms with Gasteiger partial charge in [-0.05, 0) is 61.4 Å². The molecule has 1 saturated carbocycles. The average Bonchev–Trinajstić information content (AvgIpc) is 3.15. The molecule has 4 nitrogen and oxygen atoms in total. The van der Waals surface area contributed by atoms with Crippen LogP contribution in [0.15, 0.2) is 16.8 Å². The highest BCUT2D eigenvalue weighted by atomic mass is 32.1. The lowest BCUT2D eigenvalue weighted by atomic mass is 9.89. The molecule has 2 heterocycles. The van der Waals surface area contributed by atoms with E-state index in [2.05, 4.69) is 16.8 Å². The summed E-state index contributed by atoms with van der Waals surface area (Å²) >= 11 is 1.66. The van der Waals surface area contributed by atoms with Gasteiger partial charge in [-0.3, -0.25) is 9.59 Å². The normalized spacial score (nSPS) is 30.5. The van der Waals surface area contributed by atoms with Crippen molar-refractivity contribution in [2.75, 3.05) is 6.54 Å². The Balaban J connectivity index is 1.76. The molecule has 2 amide bonds. The Labute approximate surface area is 123 Å². The minimum atomic E-state index is -0.682. The van der Waals surface area contributed by atoms with Gasteiger partial charge in [-0.15, -0.1) is 0 Å². The highest BCUT2D eigenvalue weighted by molar-refractivity contribution is 7.07. The average molecular weight is 292 g/mol. The van der Waals surface area contributed by atoms with Gasteiger partial charge in [-0.25, -0.2) is 0 Å². The third kappa shape index (κ3) is 2.24. The lowest BCUT2D eigenvalue weighted by Crippen LogP contribution is -2.69. The highest BCUT2D eigenvalue weighted by Crippen LogP contribution is 2.42. The summed E-state index contributed by atoms with van der Waals surface area (Å²) in [5.74, 6) is 0.377. The van der Waals surface area contributed by atoms with Crippen molar-refractivity contribution in [3.63, 3.8) is 0 Å². The summed E-state index contributed by atoms with van der Waals surface area (Å²) in [6.07, 6.45) is 2.89. The summed E-state index contributed by atoms with van der Waals surface area (Å²) in [6, 6.07) is 1.71. The Morgan fingerprint density at radius 2 is 2.20 bits per heavy atom. The number of hydrogen-bond donors (Lipinski definition) is 1. The fourth-order valence-electron chi connectivity index (χ4n) is 2.95. The van der Waals surface area contributed by atoms with Crippen molar-refractivity contribution in [2.45, 2.75) is 44.7 Å². The van der Waals surface area contributed by atoms with Crippen molar-refractivity contribution in [3.8, 4) is 0 Å². The Morgan fingerprint density at radius 1 is 1.45 bits per heavy atom. The first-order chi connectivity index (χ1) is 9.52. The molecular formula is C15H20N2O2S. The molecule has 1 N–H and O–H groups in total. The van der Waals surface area contributed by atoms with Crippen LogP contribution in [0, 0.1) is 5.92 Å².